The summed E-state index contributed by atoms with van der Waals surface area (Å²) in [4.78, 5) is 26.7. The molecule has 1 aromatic heterocycles. The summed E-state index contributed by atoms with van der Waals surface area (Å²) < 4.78 is 26.5. The van der Waals surface area contributed by atoms with Crippen LogP contribution in [0.15, 0.2) is 22.5 Å². The lowest BCUT2D eigenvalue weighted by atomic mass is 10.1. The van der Waals surface area contributed by atoms with E-state index in [0.29, 0.717) is 40.1 Å². The van der Waals surface area contributed by atoms with Gasteiger partial charge >= 0.3 is 0 Å². The molecule has 0 atom stereocenters. The van der Waals surface area contributed by atoms with Gasteiger partial charge in [-0.3, -0.25) is 18.8 Å². The fraction of sp³-hybridized carbons (Fsp3) is 0.500. The first-order valence-corrected chi connectivity index (χ1v) is 13.7. The molecule has 0 bridgehead atoms. The molecule has 8 nitrogen and oxygen atoms in total. The second-order valence-electron chi connectivity index (χ2n) is 7.48. The van der Waals surface area contributed by atoms with Crippen molar-refractivity contribution in [1.29, 1.82) is 0 Å². The van der Waals surface area contributed by atoms with Crippen LogP contribution < -0.4 is 9.21 Å². The first-order chi connectivity index (χ1) is 14.8. The van der Waals surface area contributed by atoms with E-state index in [9.17, 15) is 18.0 Å². The van der Waals surface area contributed by atoms with E-state index in [4.69, 9.17) is 0 Å². The number of benzene rings is 1. The predicted molar refractivity (Wildman–Crippen MR) is 123 cm³/mol. The van der Waals surface area contributed by atoms with Gasteiger partial charge in [0, 0.05) is 24.6 Å². The number of hydrogen-bond acceptors (Lipinski definition) is 8. The molecule has 0 radical (unpaired) electrons. The Kier molecular flexibility index (Phi) is 6.36. The van der Waals surface area contributed by atoms with Crippen molar-refractivity contribution in [3.05, 3.63) is 29.3 Å². The third-order valence-corrected chi connectivity index (χ3v) is 9.20. The maximum Gasteiger partial charge on any atom is 0.234 e. The molecule has 31 heavy (non-hydrogen) atoms. The number of anilines is 2. The van der Waals surface area contributed by atoms with Crippen molar-refractivity contribution in [2.45, 2.75) is 49.9 Å². The molecule has 1 saturated carbocycles. The monoisotopic (exact) mass is 480 g/mol. The van der Waals surface area contributed by atoms with Crippen molar-refractivity contribution in [3.8, 4) is 0 Å². The number of hydrogen-bond donors (Lipinski definition) is 0. The van der Waals surface area contributed by atoms with Crippen LogP contribution in [0.25, 0.3) is 0 Å². The lowest BCUT2D eigenvalue weighted by Crippen LogP contribution is -2.32. The SMILES string of the molecule is CCC(=O)N(c1nnc(SCC(=O)c2ccc3c(c2)CCN3S(=O)(=O)CC)s1)C1CC1. The lowest BCUT2D eigenvalue weighted by Gasteiger charge is -2.18. The largest absolute Gasteiger partial charge is 0.293 e. The molecule has 1 aliphatic carbocycles. The Morgan fingerprint density at radius 3 is 2.71 bits per heavy atom. The van der Waals surface area contributed by atoms with Crippen LogP contribution in [-0.4, -0.2) is 54.4 Å². The average Bonchev–Trinajstić information content (AvgIpc) is 3.32. The van der Waals surface area contributed by atoms with Crippen LogP contribution >= 0.6 is 23.1 Å². The number of amides is 1. The van der Waals surface area contributed by atoms with Gasteiger partial charge in [-0.05, 0) is 49.9 Å². The molecular formula is C20H24N4O4S3. The summed E-state index contributed by atoms with van der Waals surface area (Å²) in [5.74, 6) is 0.249. The fourth-order valence-electron chi connectivity index (χ4n) is 3.53. The van der Waals surface area contributed by atoms with Crippen LogP contribution in [0.5, 0.6) is 0 Å². The van der Waals surface area contributed by atoms with Crippen molar-refractivity contribution in [2.75, 3.05) is 27.3 Å². The Hall–Kier alpha value is -1.98. The maximum atomic E-state index is 12.7. The van der Waals surface area contributed by atoms with Gasteiger partial charge in [-0.1, -0.05) is 30.0 Å². The number of Topliss-reactive ketones (excluding diaryl/α,β-unsaturated/α-hetero) is 1. The molecule has 4 rings (SSSR count). The summed E-state index contributed by atoms with van der Waals surface area (Å²) in [5, 5.41) is 8.91. The predicted octanol–water partition coefficient (Wildman–Crippen LogP) is 3.13. The maximum absolute atomic E-state index is 12.7. The zero-order chi connectivity index (χ0) is 22.2. The summed E-state index contributed by atoms with van der Waals surface area (Å²) >= 11 is 2.64. The van der Waals surface area contributed by atoms with Crippen LogP contribution in [0.2, 0.25) is 0 Å². The molecule has 1 fully saturated rings. The molecule has 1 aliphatic heterocycles. The quantitative estimate of drug-likeness (QED) is 0.309. The Morgan fingerprint density at radius 1 is 1.26 bits per heavy atom. The Labute approximate surface area is 190 Å². The molecule has 0 spiro atoms. The van der Waals surface area contributed by atoms with Crippen LogP contribution in [0.3, 0.4) is 0 Å². The Morgan fingerprint density at radius 2 is 2.03 bits per heavy atom. The zero-order valence-electron chi connectivity index (χ0n) is 17.4. The Bertz CT molecular complexity index is 1110. The molecule has 2 aliphatic rings. The van der Waals surface area contributed by atoms with E-state index < -0.39 is 10.0 Å². The molecule has 2 aromatic rings. The van der Waals surface area contributed by atoms with E-state index in [1.807, 2.05) is 6.92 Å². The van der Waals surface area contributed by atoms with Gasteiger partial charge in [0.25, 0.3) is 0 Å². The highest BCUT2D eigenvalue weighted by Crippen LogP contribution is 2.36. The minimum atomic E-state index is -3.30. The molecular weight excluding hydrogens is 456 g/mol. The van der Waals surface area contributed by atoms with Crippen molar-refractivity contribution >= 4 is 55.6 Å². The number of rotatable bonds is 9. The topological polar surface area (TPSA) is 101 Å². The van der Waals surface area contributed by atoms with Crippen molar-refractivity contribution < 1.29 is 18.0 Å². The normalized spacial score (nSPS) is 15.7. The molecule has 0 saturated heterocycles. The highest BCUT2D eigenvalue weighted by atomic mass is 32.2. The highest BCUT2D eigenvalue weighted by Gasteiger charge is 2.35. The lowest BCUT2D eigenvalue weighted by molar-refractivity contribution is -0.118. The number of sulfonamides is 1. The number of aromatic nitrogens is 2. The van der Waals surface area contributed by atoms with E-state index in [1.54, 1.807) is 30.0 Å². The second-order valence-corrected chi connectivity index (χ2v) is 11.8. The van der Waals surface area contributed by atoms with Crippen molar-refractivity contribution in [1.82, 2.24) is 10.2 Å². The van der Waals surface area contributed by atoms with E-state index in [-0.39, 0.29) is 29.2 Å². The van der Waals surface area contributed by atoms with Crippen LogP contribution in [0, 0.1) is 0 Å². The second kappa shape index (κ2) is 8.87. The average molecular weight is 481 g/mol. The van der Waals surface area contributed by atoms with Gasteiger partial charge in [0.05, 0.1) is 17.2 Å². The third kappa shape index (κ3) is 4.63. The first-order valence-electron chi connectivity index (χ1n) is 10.3. The van der Waals surface area contributed by atoms with Crippen LogP contribution in [0.1, 0.15) is 49.0 Å². The molecule has 0 N–H and O–H groups in total. The summed E-state index contributed by atoms with van der Waals surface area (Å²) in [7, 11) is -3.30. The number of nitrogens with zero attached hydrogens (tertiary/aromatic N) is 4. The number of carbonyl (C=O) groups is 2. The molecule has 166 valence electrons. The number of carbonyl (C=O) groups excluding carboxylic acids is 2. The molecule has 1 amide bonds. The van der Waals surface area contributed by atoms with Gasteiger partial charge in [0.2, 0.25) is 21.1 Å². The standard InChI is InChI=1S/C20H24N4O4S3/c1-3-18(26)24(15-6-7-15)19-21-22-20(30-19)29-12-17(25)14-5-8-16-13(11-14)9-10-23(16)31(27,28)4-2/h5,8,11,15H,3-4,6-7,9-10,12H2,1-2H3. The van der Waals surface area contributed by atoms with Gasteiger partial charge in [-0.25, -0.2) is 8.42 Å². The zero-order valence-corrected chi connectivity index (χ0v) is 19.9. The minimum absolute atomic E-state index is 0.0450. The van der Waals surface area contributed by atoms with Crippen LogP contribution in [0.4, 0.5) is 10.8 Å². The molecule has 2 heterocycles. The van der Waals surface area contributed by atoms with Gasteiger partial charge < -0.3 is 0 Å². The molecule has 11 heteroatoms. The summed E-state index contributed by atoms with van der Waals surface area (Å²) in [6.45, 7) is 3.88. The van der Waals surface area contributed by atoms with Crippen molar-refractivity contribution in [2.24, 2.45) is 0 Å². The first kappa shape index (κ1) is 22.2. The number of ketones is 1. The van der Waals surface area contributed by atoms with Gasteiger partial charge in [-0.2, -0.15) is 0 Å². The summed E-state index contributed by atoms with van der Waals surface area (Å²) in [6, 6.07) is 5.43. The van der Waals surface area contributed by atoms with E-state index in [2.05, 4.69) is 10.2 Å². The smallest absolute Gasteiger partial charge is 0.234 e. The third-order valence-electron chi connectivity index (χ3n) is 5.37. The minimum Gasteiger partial charge on any atom is -0.293 e. The van der Waals surface area contributed by atoms with E-state index >= 15 is 0 Å². The van der Waals surface area contributed by atoms with Gasteiger partial charge in [0.15, 0.2) is 10.1 Å². The fourth-order valence-corrected chi connectivity index (χ4v) is 6.51. The number of thioether (sulfide) groups is 1. The molecule has 1 aromatic carbocycles. The molecule has 0 unspecified atom stereocenters. The van der Waals surface area contributed by atoms with Gasteiger partial charge in [-0.15, -0.1) is 10.2 Å². The number of fused-ring (bicyclic) bond motifs is 1. The highest BCUT2D eigenvalue weighted by molar-refractivity contribution is 8.01. The Balaban J connectivity index is 1.41. The van der Waals surface area contributed by atoms with E-state index in [0.717, 1.165) is 18.4 Å². The van der Waals surface area contributed by atoms with E-state index in [1.165, 1.54) is 27.4 Å². The van der Waals surface area contributed by atoms with Crippen molar-refractivity contribution in [3.63, 3.8) is 0 Å². The van der Waals surface area contributed by atoms with Crippen LogP contribution in [-0.2, 0) is 21.2 Å². The summed E-state index contributed by atoms with van der Waals surface area (Å²) in [5.41, 5.74) is 2.11. The van der Waals surface area contributed by atoms with Gasteiger partial charge in [0.1, 0.15) is 0 Å². The summed E-state index contributed by atoms with van der Waals surface area (Å²) in [6.07, 6.45) is 3.00.